The third-order valence-electron chi connectivity index (χ3n) is 5.16. The van der Waals surface area contributed by atoms with Crippen LogP contribution in [0.25, 0.3) is 0 Å². The summed E-state index contributed by atoms with van der Waals surface area (Å²) < 4.78 is 0. The molecular weight excluding hydrogens is 230 g/mol. The van der Waals surface area contributed by atoms with Gasteiger partial charge in [-0.3, -0.25) is 0 Å². The Hall–Kier alpha value is -0.820. The molecule has 1 nitrogen and oxygen atoms in total. The molecule has 0 spiro atoms. The fourth-order valence-corrected chi connectivity index (χ4v) is 3.88. The zero-order valence-corrected chi connectivity index (χ0v) is 12.6. The summed E-state index contributed by atoms with van der Waals surface area (Å²) in [6.07, 6.45) is 9.08. The van der Waals surface area contributed by atoms with Crippen molar-refractivity contribution in [3.63, 3.8) is 0 Å². The maximum atomic E-state index is 6.22. The Morgan fingerprint density at radius 1 is 1.05 bits per heavy atom. The predicted octanol–water partition coefficient (Wildman–Crippen LogP) is 4.75. The molecule has 0 amide bonds. The van der Waals surface area contributed by atoms with Gasteiger partial charge in [0.25, 0.3) is 0 Å². The van der Waals surface area contributed by atoms with E-state index in [0.717, 1.165) is 6.54 Å². The first-order valence-electron chi connectivity index (χ1n) is 8.07. The highest BCUT2D eigenvalue weighted by Crippen LogP contribution is 2.42. The zero-order valence-electron chi connectivity index (χ0n) is 12.6. The monoisotopic (exact) mass is 259 g/mol. The molecule has 106 valence electrons. The fourth-order valence-electron chi connectivity index (χ4n) is 3.88. The van der Waals surface area contributed by atoms with Crippen LogP contribution in [0.1, 0.15) is 75.8 Å². The molecule has 2 rings (SSSR count). The van der Waals surface area contributed by atoms with Crippen molar-refractivity contribution in [2.75, 3.05) is 6.54 Å². The molecule has 1 heteroatoms. The molecule has 0 heterocycles. The topological polar surface area (TPSA) is 26.0 Å². The van der Waals surface area contributed by atoms with Crippen molar-refractivity contribution in [2.45, 2.75) is 70.1 Å². The van der Waals surface area contributed by atoms with Gasteiger partial charge in [0.1, 0.15) is 0 Å². The van der Waals surface area contributed by atoms with Crippen LogP contribution in [-0.4, -0.2) is 6.54 Å². The summed E-state index contributed by atoms with van der Waals surface area (Å²) >= 11 is 0. The highest BCUT2D eigenvalue weighted by atomic mass is 14.6. The lowest BCUT2D eigenvalue weighted by Gasteiger charge is -2.39. The molecule has 1 aromatic rings. The van der Waals surface area contributed by atoms with E-state index < -0.39 is 0 Å². The zero-order chi connectivity index (χ0) is 13.7. The molecule has 1 aliphatic carbocycles. The number of nitrogens with two attached hydrogens (primary N) is 1. The average molecular weight is 259 g/mol. The second kappa shape index (κ2) is 6.56. The first-order chi connectivity index (χ1) is 9.27. The summed E-state index contributed by atoms with van der Waals surface area (Å²) in [4.78, 5) is 0. The third kappa shape index (κ3) is 2.86. The van der Waals surface area contributed by atoms with Crippen molar-refractivity contribution >= 4 is 0 Å². The number of rotatable bonds is 5. The minimum atomic E-state index is 0.261. The summed E-state index contributed by atoms with van der Waals surface area (Å²) in [6, 6.07) is 9.10. The van der Waals surface area contributed by atoms with Gasteiger partial charge in [-0.25, -0.2) is 0 Å². The molecule has 1 aliphatic rings. The molecule has 0 aromatic heterocycles. The number of hydrogen-bond acceptors (Lipinski definition) is 1. The van der Waals surface area contributed by atoms with E-state index in [2.05, 4.69) is 38.1 Å². The summed E-state index contributed by atoms with van der Waals surface area (Å²) in [5, 5.41) is 0. The molecule has 2 N–H and O–H groups in total. The Balaban J connectivity index is 2.42. The predicted molar refractivity (Wildman–Crippen MR) is 83.6 cm³/mol. The molecule has 0 saturated heterocycles. The molecule has 19 heavy (non-hydrogen) atoms. The van der Waals surface area contributed by atoms with Crippen LogP contribution < -0.4 is 5.73 Å². The standard InChI is InChI=1S/C18H29N/c1-3-15(4-2)16-10-6-7-11-17(16)18(14-19)12-8-5-9-13-18/h6-7,10-11,15H,3-5,8-9,12-14,19H2,1-2H3. The van der Waals surface area contributed by atoms with E-state index >= 15 is 0 Å². The van der Waals surface area contributed by atoms with Gasteiger partial charge in [-0.2, -0.15) is 0 Å². The van der Waals surface area contributed by atoms with Gasteiger partial charge in [0, 0.05) is 12.0 Å². The van der Waals surface area contributed by atoms with E-state index in [1.54, 1.807) is 11.1 Å². The summed E-state index contributed by atoms with van der Waals surface area (Å²) in [7, 11) is 0. The molecule has 1 saturated carbocycles. The molecule has 0 atom stereocenters. The molecule has 1 fully saturated rings. The molecule has 0 bridgehead atoms. The van der Waals surface area contributed by atoms with Crippen molar-refractivity contribution in [3.8, 4) is 0 Å². The van der Waals surface area contributed by atoms with Crippen LogP contribution >= 0.6 is 0 Å². The van der Waals surface area contributed by atoms with E-state index in [4.69, 9.17) is 5.73 Å². The Morgan fingerprint density at radius 3 is 2.26 bits per heavy atom. The van der Waals surface area contributed by atoms with Gasteiger partial charge in [-0.1, -0.05) is 57.4 Å². The molecule has 1 aromatic carbocycles. The lowest BCUT2D eigenvalue weighted by atomic mass is 9.66. The highest BCUT2D eigenvalue weighted by molar-refractivity contribution is 5.37. The summed E-state index contributed by atoms with van der Waals surface area (Å²) in [5.41, 5.74) is 9.61. The van der Waals surface area contributed by atoms with Crippen LogP contribution in [0.5, 0.6) is 0 Å². The van der Waals surface area contributed by atoms with Crippen molar-refractivity contribution in [1.29, 1.82) is 0 Å². The summed E-state index contributed by atoms with van der Waals surface area (Å²) in [6.45, 7) is 5.42. The minimum Gasteiger partial charge on any atom is -0.330 e. The van der Waals surface area contributed by atoms with Gasteiger partial charge in [0.2, 0.25) is 0 Å². The summed E-state index contributed by atoms with van der Waals surface area (Å²) in [5.74, 6) is 0.696. The lowest BCUT2D eigenvalue weighted by molar-refractivity contribution is 0.297. The number of hydrogen-bond donors (Lipinski definition) is 1. The van der Waals surface area contributed by atoms with Gasteiger partial charge in [-0.15, -0.1) is 0 Å². The van der Waals surface area contributed by atoms with Crippen LogP contribution in [0.4, 0.5) is 0 Å². The van der Waals surface area contributed by atoms with Crippen molar-refractivity contribution in [1.82, 2.24) is 0 Å². The van der Waals surface area contributed by atoms with Gasteiger partial charge >= 0.3 is 0 Å². The normalized spacial score (nSPS) is 18.7. The van der Waals surface area contributed by atoms with Crippen molar-refractivity contribution in [2.24, 2.45) is 5.73 Å². The van der Waals surface area contributed by atoms with Gasteiger partial charge in [0.05, 0.1) is 0 Å². The second-order valence-corrected chi connectivity index (χ2v) is 6.15. The van der Waals surface area contributed by atoms with Crippen LogP contribution in [0, 0.1) is 0 Å². The maximum absolute atomic E-state index is 6.22. The first-order valence-corrected chi connectivity index (χ1v) is 8.07. The van der Waals surface area contributed by atoms with E-state index in [-0.39, 0.29) is 5.41 Å². The van der Waals surface area contributed by atoms with Crippen molar-refractivity contribution in [3.05, 3.63) is 35.4 Å². The van der Waals surface area contributed by atoms with E-state index in [1.165, 1.54) is 44.9 Å². The van der Waals surface area contributed by atoms with E-state index in [0.29, 0.717) is 5.92 Å². The van der Waals surface area contributed by atoms with Crippen molar-refractivity contribution < 1.29 is 0 Å². The van der Waals surface area contributed by atoms with Gasteiger partial charge < -0.3 is 5.73 Å². The minimum absolute atomic E-state index is 0.261. The quantitative estimate of drug-likeness (QED) is 0.811. The van der Waals surface area contributed by atoms with Crippen LogP contribution in [-0.2, 0) is 5.41 Å². The Morgan fingerprint density at radius 2 is 1.68 bits per heavy atom. The molecular formula is C18H29N. The molecule has 0 radical (unpaired) electrons. The smallest absolute Gasteiger partial charge is 0.00783 e. The maximum Gasteiger partial charge on any atom is 0.00783 e. The Bertz CT molecular complexity index is 386. The SMILES string of the molecule is CCC(CC)c1ccccc1C1(CN)CCCCC1. The number of benzene rings is 1. The van der Waals surface area contributed by atoms with Gasteiger partial charge in [0.15, 0.2) is 0 Å². The van der Waals surface area contributed by atoms with Crippen LogP contribution in [0.15, 0.2) is 24.3 Å². The average Bonchev–Trinajstić information content (AvgIpc) is 2.50. The fraction of sp³-hybridized carbons (Fsp3) is 0.667. The van der Waals surface area contributed by atoms with Crippen LogP contribution in [0.3, 0.4) is 0 Å². The van der Waals surface area contributed by atoms with E-state index in [9.17, 15) is 0 Å². The molecule has 0 aliphatic heterocycles. The largest absolute Gasteiger partial charge is 0.330 e. The Labute approximate surface area is 118 Å². The lowest BCUT2D eigenvalue weighted by Crippen LogP contribution is -2.38. The second-order valence-electron chi connectivity index (χ2n) is 6.15. The van der Waals surface area contributed by atoms with E-state index in [1.807, 2.05) is 0 Å². The van der Waals surface area contributed by atoms with Gasteiger partial charge in [-0.05, 0) is 42.7 Å². The highest BCUT2D eigenvalue weighted by Gasteiger charge is 2.34. The van der Waals surface area contributed by atoms with Crippen LogP contribution in [0.2, 0.25) is 0 Å². The Kier molecular flexibility index (Phi) is 5.04. The third-order valence-corrected chi connectivity index (χ3v) is 5.16. The molecule has 0 unspecified atom stereocenters. The first kappa shape index (κ1) is 14.6.